The Labute approximate surface area is 195 Å². The van der Waals surface area contributed by atoms with Crippen molar-refractivity contribution < 1.29 is 10.6 Å². The van der Waals surface area contributed by atoms with E-state index in [0.29, 0.717) is 42.0 Å². The minimum atomic E-state index is -0.863. The first kappa shape index (κ1) is 23.2. The number of fused-ring (bicyclic) bond motifs is 1. The number of amides is 1. The lowest BCUT2D eigenvalue weighted by atomic mass is 9.84. The molecule has 8 heteroatoms. The molecule has 1 aliphatic carbocycles. The molecule has 2 heterocycles. The number of nitrogens with one attached hydrogen (secondary N) is 2. The van der Waals surface area contributed by atoms with Crippen molar-refractivity contribution in [2.24, 2.45) is 5.92 Å². The number of nitrogens with zero attached hydrogens (tertiary/aromatic N) is 3. The van der Waals surface area contributed by atoms with E-state index in [1.54, 1.807) is 6.07 Å². The Hall–Kier alpha value is -2.92. The summed E-state index contributed by atoms with van der Waals surface area (Å²) in [5.41, 5.74) is 0.575. The van der Waals surface area contributed by atoms with Crippen LogP contribution in [0.15, 0.2) is 27.4 Å². The highest BCUT2D eigenvalue weighted by Gasteiger charge is 2.37. The number of hydrogen-bond acceptors (Lipinski definition) is 7. The molecule has 33 heavy (non-hydrogen) atoms. The lowest BCUT2D eigenvalue weighted by Crippen LogP contribution is -2.57. The van der Waals surface area contributed by atoms with Crippen molar-refractivity contribution in [2.75, 3.05) is 25.5 Å². The average Bonchev–Trinajstić information content (AvgIpc) is 2.81. The Morgan fingerprint density at radius 3 is 2.76 bits per heavy atom. The second kappa shape index (κ2) is 9.92. The molecular weight excluding hydrogens is 418 g/mol. The fraction of sp³-hybridized carbons (Fsp3) is 0.600. The maximum atomic E-state index is 13.6. The minimum Gasteiger partial charge on any atom is -0.408 e. The van der Waals surface area contributed by atoms with E-state index >= 15 is 0 Å². The highest BCUT2D eigenvalue weighted by atomic mass is 16.4. The van der Waals surface area contributed by atoms with Crippen LogP contribution >= 0.6 is 0 Å². The summed E-state index contributed by atoms with van der Waals surface area (Å²) in [5.74, 6) is -0.127. The molecule has 2 N–H and O–H groups in total. The maximum absolute atomic E-state index is 13.6. The third-order valence-electron chi connectivity index (χ3n) is 7.13. The molecule has 0 bridgehead atoms. The average molecular weight is 454 g/mol. The topological polar surface area (TPSA) is 111 Å². The standard InChI is InChI=1S/C25H33N5O3.H2/c1-17-8-9-21-19(14-17)22(28-24(32)33-21)27-20(15-18-6-4-3-5-7-18)23(31)29-25(16-26)10-12-30(2)13-11-25;/h8-9,14,18,20H,3-7,10-13,15H2,1-2H3,(H,29,31)(H,27,28,32);1H/t20-;/m0./s1. The van der Waals surface area contributed by atoms with Crippen LogP contribution in [0.1, 0.15) is 58.4 Å². The van der Waals surface area contributed by atoms with Crippen LogP contribution in [0.25, 0.3) is 11.0 Å². The van der Waals surface area contributed by atoms with Crippen molar-refractivity contribution in [1.82, 2.24) is 15.2 Å². The van der Waals surface area contributed by atoms with Gasteiger partial charge >= 0.3 is 5.76 Å². The first-order valence-electron chi connectivity index (χ1n) is 12.0. The number of aryl methyl sites for hydroxylation is 1. The quantitative estimate of drug-likeness (QED) is 0.687. The summed E-state index contributed by atoms with van der Waals surface area (Å²) < 4.78 is 5.26. The molecule has 2 aromatic rings. The highest BCUT2D eigenvalue weighted by Crippen LogP contribution is 2.30. The summed E-state index contributed by atoms with van der Waals surface area (Å²) in [7, 11) is 2.02. The molecule has 0 unspecified atom stereocenters. The van der Waals surface area contributed by atoms with Gasteiger partial charge in [-0.3, -0.25) is 4.79 Å². The summed E-state index contributed by atoms with van der Waals surface area (Å²) in [6, 6.07) is 7.30. The zero-order valence-corrected chi connectivity index (χ0v) is 19.5. The molecule has 2 aliphatic rings. The molecule has 8 nitrogen and oxygen atoms in total. The van der Waals surface area contributed by atoms with Gasteiger partial charge < -0.3 is 20.0 Å². The molecular formula is C25H35N5O3. The smallest absolute Gasteiger partial charge is 0.408 e. The number of rotatable bonds is 6. The van der Waals surface area contributed by atoms with E-state index in [1.165, 1.54) is 19.3 Å². The van der Waals surface area contributed by atoms with Crippen molar-refractivity contribution >= 4 is 22.7 Å². The van der Waals surface area contributed by atoms with Gasteiger partial charge in [-0.15, -0.1) is 0 Å². The Bertz CT molecular complexity index is 1100. The molecule has 0 spiro atoms. The predicted molar refractivity (Wildman–Crippen MR) is 129 cm³/mol. The first-order valence-corrected chi connectivity index (χ1v) is 12.0. The monoisotopic (exact) mass is 453 g/mol. The molecule has 1 amide bonds. The van der Waals surface area contributed by atoms with Crippen molar-refractivity contribution in [2.45, 2.75) is 69.9 Å². The minimum absolute atomic E-state index is 0. The largest absolute Gasteiger partial charge is 0.441 e. The van der Waals surface area contributed by atoms with Gasteiger partial charge in [0.05, 0.1) is 11.5 Å². The van der Waals surface area contributed by atoms with Crippen LogP contribution in [-0.2, 0) is 4.79 Å². The molecule has 1 aromatic carbocycles. The molecule has 178 valence electrons. The van der Waals surface area contributed by atoms with E-state index in [2.05, 4.69) is 26.6 Å². The summed E-state index contributed by atoms with van der Waals surface area (Å²) in [6.45, 7) is 3.48. The zero-order chi connectivity index (χ0) is 23.4. The van der Waals surface area contributed by atoms with E-state index in [1.807, 2.05) is 26.1 Å². The van der Waals surface area contributed by atoms with Gasteiger partial charge in [0.15, 0.2) is 0 Å². The highest BCUT2D eigenvalue weighted by molar-refractivity contribution is 5.91. The Morgan fingerprint density at radius 1 is 1.33 bits per heavy atom. The molecule has 4 rings (SSSR count). The molecule has 1 saturated carbocycles. The maximum Gasteiger partial charge on any atom is 0.441 e. The number of anilines is 1. The fourth-order valence-electron chi connectivity index (χ4n) is 5.04. The second-order valence-electron chi connectivity index (χ2n) is 9.75. The van der Waals surface area contributed by atoms with Crippen LogP contribution in [0.5, 0.6) is 0 Å². The van der Waals surface area contributed by atoms with Crippen LogP contribution < -0.4 is 16.4 Å². The van der Waals surface area contributed by atoms with Crippen LogP contribution in [-0.4, -0.2) is 47.5 Å². The number of carbonyl (C=O) groups is 1. The first-order chi connectivity index (χ1) is 15.9. The molecule has 1 saturated heterocycles. The second-order valence-corrected chi connectivity index (χ2v) is 9.75. The van der Waals surface area contributed by atoms with Gasteiger partial charge in [0.1, 0.15) is 23.0 Å². The summed E-state index contributed by atoms with van der Waals surface area (Å²) in [6.07, 6.45) is 7.58. The van der Waals surface area contributed by atoms with E-state index in [4.69, 9.17) is 4.42 Å². The summed E-state index contributed by atoms with van der Waals surface area (Å²) in [5, 5.41) is 16.9. The van der Waals surface area contributed by atoms with Crippen LogP contribution in [0.2, 0.25) is 0 Å². The van der Waals surface area contributed by atoms with Gasteiger partial charge in [-0.25, -0.2) is 4.79 Å². The number of nitriles is 1. The number of hydrogen-bond donors (Lipinski definition) is 2. The number of likely N-dealkylation sites (tertiary alicyclic amines) is 1. The summed E-state index contributed by atoms with van der Waals surface area (Å²) >= 11 is 0. The molecule has 1 atom stereocenters. The molecule has 0 radical (unpaired) electrons. The normalized spacial score (nSPS) is 20.2. The van der Waals surface area contributed by atoms with Gasteiger partial charge in [0.2, 0.25) is 5.91 Å². The number of carbonyl (C=O) groups excluding carboxylic acids is 1. The lowest BCUT2D eigenvalue weighted by molar-refractivity contribution is -0.124. The van der Waals surface area contributed by atoms with E-state index in [-0.39, 0.29) is 7.33 Å². The molecule has 1 aliphatic heterocycles. The predicted octanol–water partition coefficient (Wildman–Crippen LogP) is 3.60. The van der Waals surface area contributed by atoms with E-state index < -0.39 is 17.3 Å². The Morgan fingerprint density at radius 2 is 2.06 bits per heavy atom. The number of aromatic nitrogens is 1. The van der Waals surface area contributed by atoms with Gasteiger partial charge in [0.25, 0.3) is 0 Å². The fourth-order valence-corrected chi connectivity index (χ4v) is 5.04. The van der Waals surface area contributed by atoms with Crippen LogP contribution in [0.3, 0.4) is 0 Å². The molecule has 2 fully saturated rings. The van der Waals surface area contributed by atoms with Gasteiger partial charge in [-0.05, 0) is 51.3 Å². The number of piperidine rings is 1. The van der Waals surface area contributed by atoms with Crippen molar-refractivity contribution in [3.8, 4) is 6.07 Å². The third-order valence-corrected chi connectivity index (χ3v) is 7.13. The molecule has 1 aromatic heterocycles. The van der Waals surface area contributed by atoms with Crippen LogP contribution in [0.4, 0.5) is 5.82 Å². The SMILES string of the molecule is Cc1ccc2oc(=O)nc(N[C@@H](CC3CCCCC3)C(=O)NC3(C#N)CCN(C)CC3)c2c1.[HH]. The van der Waals surface area contributed by atoms with Gasteiger partial charge in [-0.2, -0.15) is 10.2 Å². The van der Waals surface area contributed by atoms with Crippen molar-refractivity contribution in [3.05, 3.63) is 34.3 Å². The third kappa shape index (κ3) is 5.53. The summed E-state index contributed by atoms with van der Waals surface area (Å²) in [4.78, 5) is 31.9. The van der Waals surface area contributed by atoms with Crippen LogP contribution in [0, 0.1) is 24.2 Å². The Balaban J connectivity index is 0.00000324. The van der Waals surface area contributed by atoms with Gasteiger partial charge in [0, 0.05) is 14.5 Å². The van der Waals surface area contributed by atoms with E-state index in [9.17, 15) is 14.9 Å². The van der Waals surface area contributed by atoms with Crippen molar-refractivity contribution in [3.63, 3.8) is 0 Å². The lowest BCUT2D eigenvalue weighted by Gasteiger charge is -2.37. The van der Waals surface area contributed by atoms with Crippen molar-refractivity contribution in [1.29, 1.82) is 5.26 Å². The number of benzene rings is 1. The van der Waals surface area contributed by atoms with E-state index in [0.717, 1.165) is 31.5 Å². The zero-order valence-electron chi connectivity index (χ0n) is 19.5. The van der Waals surface area contributed by atoms with Gasteiger partial charge in [-0.1, -0.05) is 43.7 Å². The Kier molecular flexibility index (Phi) is 6.99.